The number of hydrogen-bond acceptors (Lipinski definition) is 4. The van der Waals surface area contributed by atoms with E-state index in [9.17, 15) is 14.4 Å². The van der Waals surface area contributed by atoms with Crippen molar-refractivity contribution in [2.24, 2.45) is 0 Å². The lowest BCUT2D eigenvalue weighted by Gasteiger charge is -2.16. The zero-order valence-corrected chi connectivity index (χ0v) is 11.9. The maximum absolute atomic E-state index is 12.2. The molecule has 112 valence electrons. The van der Waals surface area contributed by atoms with Crippen molar-refractivity contribution in [3.05, 3.63) is 59.5 Å². The maximum atomic E-state index is 12.2. The van der Waals surface area contributed by atoms with Crippen molar-refractivity contribution in [1.29, 1.82) is 0 Å². The number of rotatable bonds is 4. The first-order valence-corrected chi connectivity index (χ1v) is 6.86. The number of carbonyl (C=O) groups excluding carboxylic acids is 3. The number of nitrogens with zero attached hydrogens (tertiary/aromatic N) is 1. The second-order valence-electron chi connectivity index (χ2n) is 5.05. The quantitative estimate of drug-likeness (QED) is 0.872. The van der Waals surface area contributed by atoms with Gasteiger partial charge in [0, 0.05) is 0 Å². The van der Waals surface area contributed by atoms with Gasteiger partial charge in [-0.15, -0.1) is 0 Å². The summed E-state index contributed by atoms with van der Waals surface area (Å²) >= 11 is 0. The summed E-state index contributed by atoms with van der Waals surface area (Å²) in [7, 11) is 0. The fourth-order valence-corrected chi connectivity index (χ4v) is 2.42. The minimum absolute atomic E-state index is 0.308. The molecule has 6 heteroatoms. The molecule has 1 atom stereocenters. The number of amides is 3. The SMILES string of the molecule is C[C@@H](NC(=O)CN1C(=O)c2ccccc2C1=O)c1ccco1. The van der Waals surface area contributed by atoms with Gasteiger partial charge in [-0.05, 0) is 31.2 Å². The highest BCUT2D eigenvalue weighted by Gasteiger charge is 2.36. The Morgan fingerprint density at radius 3 is 2.32 bits per heavy atom. The first kappa shape index (κ1) is 14.1. The standard InChI is InChI=1S/C16H14N2O4/c1-10(13-7-4-8-22-13)17-14(19)9-18-15(20)11-5-2-3-6-12(11)16(18)21/h2-8,10H,9H2,1H3,(H,17,19)/t10-/m1/s1. The molecule has 0 saturated carbocycles. The zero-order valence-electron chi connectivity index (χ0n) is 11.9. The van der Waals surface area contributed by atoms with Gasteiger partial charge in [-0.1, -0.05) is 12.1 Å². The van der Waals surface area contributed by atoms with Crippen molar-refractivity contribution in [2.45, 2.75) is 13.0 Å². The van der Waals surface area contributed by atoms with Crippen LogP contribution >= 0.6 is 0 Å². The van der Waals surface area contributed by atoms with E-state index in [-0.39, 0.29) is 12.6 Å². The van der Waals surface area contributed by atoms with Crippen LogP contribution in [0.4, 0.5) is 0 Å². The molecule has 3 amide bonds. The van der Waals surface area contributed by atoms with Crippen LogP contribution in [-0.2, 0) is 4.79 Å². The van der Waals surface area contributed by atoms with Crippen molar-refractivity contribution >= 4 is 17.7 Å². The molecule has 1 aliphatic rings. The van der Waals surface area contributed by atoms with Crippen molar-refractivity contribution < 1.29 is 18.8 Å². The second-order valence-corrected chi connectivity index (χ2v) is 5.05. The predicted octanol–water partition coefficient (Wildman–Crippen LogP) is 1.75. The van der Waals surface area contributed by atoms with E-state index in [1.807, 2.05) is 0 Å². The minimum atomic E-state index is -0.443. The Bertz CT molecular complexity index is 701. The number of furan rings is 1. The number of fused-ring (bicyclic) bond motifs is 1. The number of imide groups is 1. The average molecular weight is 298 g/mol. The summed E-state index contributed by atoms with van der Waals surface area (Å²) in [6, 6.07) is 9.67. The van der Waals surface area contributed by atoms with E-state index < -0.39 is 17.7 Å². The first-order chi connectivity index (χ1) is 10.6. The van der Waals surface area contributed by atoms with Crippen LogP contribution < -0.4 is 5.32 Å². The van der Waals surface area contributed by atoms with Crippen LogP contribution in [0.1, 0.15) is 39.4 Å². The average Bonchev–Trinajstić information content (AvgIpc) is 3.12. The van der Waals surface area contributed by atoms with Gasteiger partial charge in [0.1, 0.15) is 12.3 Å². The molecule has 0 saturated heterocycles. The molecule has 1 N–H and O–H groups in total. The molecule has 0 unspecified atom stereocenters. The number of carbonyl (C=O) groups is 3. The number of nitrogens with one attached hydrogen (secondary N) is 1. The Balaban J connectivity index is 1.68. The molecule has 0 spiro atoms. The summed E-state index contributed by atoms with van der Waals surface area (Å²) in [4.78, 5) is 37.3. The Labute approximate surface area is 126 Å². The van der Waals surface area contributed by atoms with Crippen LogP contribution in [0, 0.1) is 0 Å². The third-order valence-electron chi connectivity index (χ3n) is 3.53. The molecule has 0 bridgehead atoms. The molecule has 2 aromatic rings. The Kier molecular flexibility index (Phi) is 3.50. The maximum Gasteiger partial charge on any atom is 0.262 e. The summed E-state index contributed by atoms with van der Waals surface area (Å²) in [5.41, 5.74) is 0.666. The summed E-state index contributed by atoms with van der Waals surface area (Å²) in [6.07, 6.45) is 1.52. The zero-order chi connectivity index (χ0) is 15.7. The van der Waals surface area contributed by atoms with Gasteiger partial charge in [-0.25, -0.2) is 0 Å². The summed E-state index contributed by atoms with van der Waals surface area (Å²) in [6.45, 7) is 1.45. The van der Waals surface area contributed by atoms with E-state index in [1.54, 1.807) is 43.3 Å². The van der Waals surface area contributed by atoms with Crippen LogP contribution in [0.3, 0.4) is 0 Å². The molecule has 1 aliphatic heterocycles. The van der Waals surface area contributed by atoms with Crippen LogP contribution in [-0.4, -0.2) is 29.2 Å². The fraction of sp³-hybridized carbons (Fsp3) is 0.188. The van der Waals surface area contributed by atoms with Gasteiger partial charge in [-0.3, -0.25) is 19.3 Å². The third-order valence-corrected chi connectivity index (χ3v) is 3.53. The van der Waals surface area contributed by atoms with E-state index in [2.05, 4.69) is 5.32 Å². The van der Waals surface area contributed by atoms with Crippen LogP contribution in [0.25, 0.3) is 0 Å². The van der Waals surface area contributed by atoms with Crippen molar-refractivity contribution in [3.8, 4) is 0 Å². The van der Waals surface area contributed by atoms with Gasteiger partial charge in [0.25, 0.3) is 11.8 Å². The van der Waals surface area contributed by atoms with E-state index in [0.29, 0.717) is 16.9 Å². The molecular formula is C16H14N2O4. The lowest BCUT2D eigenvalue weighted by Crippen LogP contribution is -2.41. The molecule has 2 heterocycles. The Morgan fingerprint density at radius 1 is 1.14 bits per heavy atom. The molecule has 1 aromatic carbocycles. The summed E-state index contributed by atoms with van der Waals surface area (Å²) < 4.78 is 5.20. The second kappa shape index (κ2) is 5.48. The van der Waals surface area contributed by atoms with Gasteiger partial charge in [0.15, 0.2) is 0 Å². The fourth-order valence-electron chi connectivity index (χ4n) is 2.42. The normalized spacial score (nSPS) is 14.9. The van der Waals surface area contributed by atoms with Gasteiger partial charge >= 0.3 is 0 Å². The van der Waals surface area contributed by atoms with Crippen LogP contribution in [0.2, 0.25) is 0 Å². The number of hydrogen-bond donors (Lipinski definition) is 1. The Morgan fingerprint density at radius 2 is 1.77 bits per heavy atom. The molecule has 0 aliphatic carbocycles. The molecule has 22 heavy (non-hydrogen) atoms. The topological polar surface area (TPSA) is 79.6 Å². The first-order valence-electron chi connectivity index (χ1n) is 6.86. The van der Waals surface area contributed by atoms with Gasteiger partial charge in [0.05, 0.1) is 23.4 Å². The molecular weight excluding hydrogens is 284 g/mol. The van der Waals surface area contributed by atoms with Gasteiger partial charge < -0.3 is 9.73 Å². The molecule has 1 aromatic heterocycles. The highest BCUT2D eigenvalue weighted by Crippen LogP contribution is 2.22. The molecule has 0 radical (unpaired) electrons. The highest BCUT2D eigenvalue weighted by atomic mass is 16.3. The predicted molar refractivity (Wildman–Crippen MR) is 77.1 cm³/mol. The minimum Gasteiger partial charge on any atom is -0.467 e. The van der Waals surface area contributed by atoms with E-state index in [0.717, 1.165) is 4.90 Å². The van der Waals surface area contributed by atoms with Crippen LogP contribution in [0.5, 0.6) is 0 Å². The monoisotopic (exact) mass is 298 g/mol. The molecule has 6 nitrogen and oxygen atoms in total. The highest BCUT2D eigenvalue weighted by molar-refractivity contribution is 6.22. The van der Waals surface area contributed by atoms with Crippen molar-refractivity contribution in [3.63, 3.8) is 0 Å². The van der Waals surface area contributed by atoms with Crippen molar-refractivity contribution in [2.75, 3.05) is 6.54 Å². The smallest absolute Gasteiger partial charge is 0.262 e. The van der Waals surface area contributed by atoms with E-state index >= 15 is 0 Å². The Hall–Kier alpha value is -2.89. The summed E-state index contributed by atoms with van der Waals surface area (Å²) in [5.74, 6) is -0.697. The lowest BCUT2D eigenvalue weighted by molar-refractivity contribution is -0.122. The summed E-state index contributed by atoms with van der Waals surface area (Å²) in [5, 5.41) is 2.70. The third kappa shape index (κ3) is 2.39. The molecule has 3 rings (SSSR count). The van der Waals surface area contributed by atoms with Crippen molar-refractivity contribution in [1.82, 2.24) is 10.2 Å². The van der Waals surface area contributed by atoms with E-state index in [1.165, 1.54) is 6.26 Å². The number of benzene rings is 1. The van der Waals surface area contributed by atoms with Gasteiger partial charge in [0.2, 0.25) is 5.91 Å². The van der Waals surface area contributed by atoms with E-state index in [4.69, 9.17) is 4.42 Å². The van der Waals surface area contributed by atoms with Crippen LogP contribution in [0.15, 0.2) is 47.1 Å². The largest absolute Gasteiger partial charge is 0.467 e. The lowest BCUT2D eigenvalue weighted by atomic mass is 10.1. The van der Waals surface area contributed by atoms with Gasteiger partial charge in [-0.2, -0.15) is 0 Å². The molecule has 0 fully saturated rings.